The van der Waals surface area contributed by atoms with Crippen LogP contribution in [0, 0.1) is 35.2 Å². The molecule has 2 aromatic rings. The molecule has 9 heteroatoms. The van der Waals surface area contributed by atoms with Crippen molar-refractivity contribution in [1.82, 2.24) is 0 Å². The van der Waals surface area contributed by atoms with Gasteiger partial charge in [0.2, 0.25) is 0 Å². The molecule has 2 aliphatic carbocycles. The van der Waals surface area contributed by atoms with Crippen LogP contribution in [0.2, 0.25) is 5.02 Å². The van der Waals surface area contributed by atoms with Crippen molar-refractivity contribution in [3.05, 3.63) is 63.9 Å². The van der Waals surface area contributed by atoms with E-state index in [1.54, 1.807) is 0 Å². The summed E-state index contributed by atoms with van der Waals surface area (Å²) in [6, 6.07) is 5.26. The minimum Gasteiger partial charge on any atom is -0.300 e. The van der Waals surface area contributed by atoms with Crippen molar-refractivity contribution in [3.63, 3.8) is 0 Å². The normalized spacial score (nSPS) is 22.9. The molecule has 2 aromatic carbocycles. The van der Waals surface area contributed by atoms with Crippen molar-refractivity contribution in [1.29, 1.82) is 0 Å². The molecule has 4 nitrogen and oxygen atoms in total. The van der Waals surface area contributed by atoms with Gasteiger partial charge in [0.25, 0.3) is 0 Å². The Morgan fingerprint density at radius 2 is 1.59 bits per heavy atom. The molecular weight excluding hydrogens is 465 g/mol. The van der Waals surface area contributed by atoms with E-state index in [0.717, 1.165) is 25.0 Å². The van der Waals surface area contributed by atoms with Gasteiger partial charge in [0.1, 0.15) is 5.78 Å². The van der Waals surface area contributed by atoms with Gasteiger partial charge in [-0.2, -0.15) is 0 Å². The van der Waals surface area contributed by atoms with Crippen molar-refractivity contribution < 1.29 is 31.2 Å². The number of hydrogen-bond donors (Lipinski definition) is 0. The Bertz CT molecular complexity index is 1170. The molecule has 0 amide bonds. The number of rotatable bonds is 6. The fourth-order valence-electron chi connectivity index (χ4n) is 4.94. The van der Waals surface area contributed by atoms with E-state index in [0.29, 0.717) is 12.8 Å². The van der Waals surface area contributed by atoms with Crippen molar-refractivity contribution >= 4 is 33.0 Å². The van der Waals surface area contributed by atoms with Crippen molar-refractivity contribution in [2.45, 2.75) is 37.0 Å². The van der Waals surface area contributed by atoms with Crippen LogP contribution in [0.1, 0.15) is 41.6 Å². The fraction of sp³-hybridized carbons (Fsp3) is 0.391. The number of carbonyl (C=O) groups excluding carboxylic acids is 2. The largest absolute Gasteiger partial charge is 0.300 e. The molecular formula is C23H20ClF3O4S. The zero-order valence-corrected chi connectivity index (χ0v) is 18.5. The van der Waals surface area contributed by atoms with E-state index in [-0.39, 0.29) is 50.3 Å². The zero-order chi connectivity index (χ0) is 23.2. The van der Waals surface area contributed by atoms with Crippen molar-refractivity contribution in [3.8, 4) is 0 Å². The molecule has 32 heavy (non-hydrogen) atoms. The van der Waals surface area contributed by atoms with Crippen molar-refractivity contribution in [2.75, 3.05) is 5.75 Å². The molecule has 2 fully saturated rings. The second-order valence-electron chi connectivity index (χ2n) is 8.61. The van der Waals surface area contributed by atoms with E-state index >= 15 is 0 Å². The number of benzene rings is 2. The van der Waals surface area contributed by atoms with Gasteiger partial charge in [-0.05, 0) is 66.5 Å². The maximum absolute atomic E-state index is 13.4. The maximum Gasteiger partial charge on any atom is 0.194 e. The lowest BCUT2D eigenvalue weighted by Crippen LogP contribution is -2.31. The first-order valence-corrected chi connectivity index (χ1v) is 12.3. The van der Waals surface area contributed by atoms with E-state index in [1.165, 1.54) is 18.2 Å². The third-order valence-electron chi connectivity index (χ3n) is 6.51. The standard InChI is InChI=1S/C23H20ClF3O4S/c24-18-4-3-15(21(29)7-12-5-19(25)23(27)20(26)6-12)10-22(18)32(30,31)11-17-13-1-2-14(17)9-16(28)8-13/h3-6,10,13-14,17H,1-2,7-9,11H2/t13-,14?,17?/m0/s1. The van der Waals surface area contributed by atoms with Crippen LogP contribution in [0.5, 0.6) is 0 Å². The summed E-state index contributed by atoms with van der Waals surface area (Å²) in [5.41, 5.74) is -0.0610. The molecule has 0 N–H and O–H groups in total. The SMILES string of the molecule is O=C1CC2CC[C@@H](C1)C2CS(=O)(=O)c1cc(C(=O)Cc2cc(F)c(F)c(F)c2)ccc1Cl. The molecule has 2 aliphatic rings. The highest BCUT2D eigenvalue weighted by Crippen LogP contribution is 2.46. The molecule has 0 aliphatic heterocycles. The number of fused-ring (bicyclic) bond motifs is 2. The number of carbonyl (C=O) groups is 2. The topological polar surface area (TPSA) is 68.3 Å². The Labute approximate surface area is 188 Å². The summed E-state index contributed by atoms with van der Waals surface area (Å²) in [4.78, 5) is 24.3. The lowest BCUT2D eigenvalue weighted by atomic mass is 9.79. The van der Waals surface area contributed by atoms with Crippen LogP contribution in [-0.2, 0) is 21.1 Å². The Kier molecular flexibility index (Phi) is 6.20. The molecule has 0 radical (unpaired) electrons. The van der Waals surface area contributed by atoms with Crippen LogP contribution in [0.25, 0.3) is 0 Å². The van der Waals surface area contributed by atoms with Gasteiger partial charge in [-0.3, -0.25) is 9.59 Å². The Balaban J connectivity index is 1.57. The number of sulfone groups is 1. The van der Waals surface area contributed by atoms with E-state index in [1.807, 2.05) is 0 Å². The number of ketones is 2. The molecule has 0 spiro atoms. The van der Waals surface area contributed by atoms with Gasteiger partial charge in [-0.25, -0.2) is 21.6 Å². The van der Waals surface area contributed by atoms with Gasteiger partial charge in [0.05, 0.1) is 15.7 Å². The lowest BCUT2D eigenvalue weighted by molar-refractivity contribution is -0.122. The summed E-state index contributed by atoms with van der Waals surface area (Å²) >= 11 is 6.15. The van der Waals surface area contributed by atoms with E-state index in [9.17, 15) is 31.2 Å². The Morgan fingerprint density at radius 1 is 1.00 bits per heavy atom. The lowest BCUT2D eigenvalue weighted by Gasteiger charge is -2.29. The first-order valence-electron chi connectivity index (χ1n) is 10.3. The second kappa shape index (κ2) is 8.63. The fourth-order valence-corrected chi connectivity index (χ4v) is 7.32. The van der Waals surface area contributed by atoms with Crippen LogP contribution < -0.4 is 0 Å². The monoisotopic (exact) mass is 484 g/mol. The summed E-state index contributed by atoms with van der Waals surface area (Å²) in [7, 11) is -3.85. The van der Waals surface area contributed by atoms with Crippen LogP contribution in [0.15, 0.2) is 35.2 Å². The number of hydrogen-bond acceptors (Lipinski definition) is 4. The van der Waals surface area contributed by atoms with Crippen LogP contribution >= 0.6 is 11.6 Å². The Hall–Kier alpha value is -2.19. The summed E-state index contributed by atoms with van der Waals surface area (Å²) in [5, 5.41) is -0.0281. The van der Waals surface area contributed by atoms with Gasteiger partial charge >= 0.3 is 0 Å². The highest BCUT2D eigenvalue weighted by Gasteiger charge is 2.44. The smallest absolute Gasteiger partial charge is 0.194 e. The van der Waals surface area contributed by atoms with Crippen LogP contribution in [-0.4, -0.2) is 25.7 Å². The maximum atomic E-state index is 13.4. The van der Waals surface area contributed by atoms with Gasteiger partial charge in [-0.1, -0.05) is 11.6 Å². The molecule has 2 saturated carbocycles. The quantitative estimate of drug-likeness (QED) is 0.429. The summed E-state index contributed by atoms with van der Waals surface area (Å²) in [5.74, 6) is -5.05. The number of Topliss-reactive ketones (excluding diaryl/α,β-unsaturated/α-hetero) is 2. The van der Waals surface area contributed by atoms with E-state index < -0.39 is 39.5 Å². The van der Waals surface area contributed by atoms with Gasteiger partial charge in [0, 0.05) is 24.8 Å². The summed E-state index contributed by atoms with van der Waals surface area (Å²) < 4.78 is 66.3. The average Bonchev–Trinajstić information content (AvgIpc) is 2.94. The molecule has 0 saturated heterocycles. The highest BCUT2D eigenvalue weighted by atomic mass is 35.5. The Morgan fingerprint density at radius 3 is 2.19 bits per heavy atom. The first kappa shape index (κ1) is 23.0. The predicted octanol–water partition coefficient (Wildman–Crippen LogP) is 4.96. The molecule has 2 unspecified atom stereocenters. The minimum absolute atomic E-state index is 0.0138. The predicted molar refractivity (Wildman–Crippen MR) is 112 cm³/mol. The second-order valence-corrected chi connectivity index (χ2v) is 11.0. The van der Waals surface area contributed by atoms with Crippen molar-refractivity contribution in [2.24, 2.45) is 17.8 Å². The highest BCUT2D eigenvalue weighted by molar-refractivity contribution is 7.91. The third-order valence-corrected chi connectivity index (χ3v) is 8.78. The number of halogens is 4. The molecule has 0 heterocycles. The van der Waals surface area contributed by atoms with Crippen LogP contribution in [0.4, 0.5) is 13.2 Å². The molecule has 3 atom stereocenters. The zero-order valence-electron chi connectivity index (χ0n) is 16.9. The summed E-state index contributed by atoms with van der Waals surface area (Å²) in [6.45, 7) is 0. The van der Waals surface area contributed by atoms with Gasteiger partial charge in [0.15, 0.2) is 33.1 Å². The summed E-state index contributed by atoms with van der Waals surface area (Å²) in [6.07, 6.45) is 2.01. The van der Waals surface area contributed by atoms with Gasteiger partial charge < -0.3 is 0 Å². The van der Waals surface area contributed by atoms with E-state index in [2.05, 4.69) is 0 Å². The molecule has 170 valence electrons. The van der Waals surface area contributed by atoms with Gasteiger partial charge in [-0.15, -0.1) is 0 Å². The first-order chi connectivity index (χ1) is 15.0. The third kappa shape index (κ3) is 4.48. The molecule has 2 bridgehead atoms. The van der Waals surface area contributed by atoms with Crippen LogP contribution in [0.3, 0.4) is 0 Å². The van der Waals surface area contributed by atoms with E-state index in [4.69, 9.17) is 11.6 Å². The molecule has 4 rings (SSSR count). The minimum atomic E-state index is -3.85. The molecule has 0 aromatic heterocycles. The average molecular weight is 485 g/mol.